The average molecular weight is 291 g/mol. The van der Waals surface area contributed by atoms with Crippen molar-refractivity contribution in [3.8, 4) is 5.75 Å². The third kappa shape index (κ3) is 3.78. The van der Waals surface area contributed by atoms with Gasteiger partial charge in [-0.1, -0.05) is 32.9 Å². The molecular formula is C18H29NO2. The Morgan fingerprint density at radius 1 is 1.29 bits per heavy atom. The lowest BCUT2D eigenvalue weighted by molar-refractivity contribution is -0.233. The highest BCUT2D eigenvalue weighted by Crippen LogP contribution is 2.35. The van der Waals surface area contributed by atoms with Crippen molar-refractivity contribution in [2.45, 2.75) is 71.6 Å². The second kappa shape index (κ2) is 6.37. The molecule has 0 radical (unpaired) electrons. The van der Waals surface area contributed by atoms with Crippen molar-refractivity contribution in [2.75, 3.05) is 0 Å². The third-order valence-electron chi connectivity index (χ3n) is 4.57. The molecule has 118 valence electrons. The van der Waals surface area contributed by atoms with Crippen molar-refractivity contribution in [1.82, 2.24) is 5.06 Å². The van der Waals surface area contributed by atoms with E-state index in [2.05, 4.69) is 58.9 Å². The van der Waals surface area contributed by atoms with Crippen molar-refractivity contribution in [3.05, 3.63) is 29.8 Å². The number of hydroxylamine groups is 2. The number of nitrogens with zero attached hydrogens (tertiary/aromatic N) is 1. The van der Waals surface area contributed by atoms with Crippen molar-refractivity contribution in [3.63, 3.8) is 0 Å². The van der Waals surface area contributed by atoms with Gasteiger partial charge in [0.2, 0.25) is 0 Å². The van der Waals surface area contributed by atoms with Crippen LogP contribution in [-0.4, -0.2) is 28.0 Å². The lowest BCUT2D eigenvalue weighted by Crippen LogP contribution is -2.57. The molecule has 2 unspecified atom stereocenters. The van der Waals surface area contributed by atoms with E-state index < -0.39 is 0 Å². The highest BCUT2D eigenvalue weighted by Gasteiger charge is 2.42. The van der Waals surface area contributed by atoms with Gasteiger partial charge in [0.05, 0.1) is 0 Å². The van der Waals surface area contributed by atoms with Gasteiger partial charge in [0.25, 0.3) is 0 Å². The van der Waals surface area contributed by atoms with Gasteiger partial charge in [-0.2, -0.15) is 5.06 Å². The predicted molar refractivity (Wildman–Crippen MR) is 85.8 cm³/mol. The first-order chi connectivity index (χ1) is 9.83. The molecule has 1 saturated heterocycles. The topological polar surface area (TPSA) is 32.7 Å². The Kier molecular flexibility index (Phi) is 4.95. The standard InChI is InChI=1S/C18H29NO2/c1-6-14-7-9-15(10-8-14)21-16-11-17(13(2)3)19(20)18(4,5)12-16/h7-10,13,16-17,20H,6,11-12H2,1-5H3. The Labute approximate surface area is 128 Å². The van der Waals surface area contributed by atoms with E-state index in [0.717, 1.165) is 25.0 Å². The van der Waals surface area contributed by atoms with Gasteiger partial charge in [0.1, 0.15) is 11.9 Å². The number of ether oxygens (including phenoxy) is 1. The van der Waals surface area contributed by atoms with Crippen LogP contribution in [-0.2, 0) is 6.42 Å². The van der Waals surface area contributed by atoms with Crippen LogP contribution in [0.3, 0.4) is 0 Å². The molecule has 21 heavy (non-hydrogen) atoms. The van der Waals surface area contributed by atoms with Gasteiger partial charge in [-0.3, -0.25) is 0 Å². The molecule has 0 aliphatic carbocycles. The summed E-state index contributed by atoms with van der Waals surface area (Å²) in [5.41, 5.74) is 1.08. The van der Waals surface area contributed by atoms with Gasteiger partial charge in [0, 0.05) is 24.4 Å². The normalized spacial score (nSPS) is 26.0. The largest absolute Gasteiger partial charge is 0.490 e. The molecule has 0 amide bonds. The number of aryl methyl sites for hydroxylation is 1. The van der Waals surface area contributed by atoms with Gasteiger partial charge < -0.3 is 9.94 Å². The molecule has 2 atom stereocenters. The summed E-state index contributed by atoms with van der Waals surface area (Å²) in [6, 6.07) is 8.51. The van der Waals surface area contributed by atoms with Crippen molar-refractivity contribution < 1.29 is 9.94 Å². The molecule has 1 aliphatic rings. The summed E-state index contributed by atoms with van der Waals surface area (Å²) >= 11 is 0. The number of piperidine rings is 1. The zero-order valence-corrected chi connectivity index (χ0v) is 14.0. The first-order valence-corrected chi connectivity index (χ1v) is 8.07. The van der Waals surface area contributed by atoms with Crippen LogP contribution < -0.4 is 4.74 Å². The minimum absolute atomic E-state index is 0.147. The Bertz CT molecular complexity index is 453. The Morgan fingerprint density at radius 3 is 2.43 bits per heavy atom. The van der Waals surface area contributed by atoms with Crippen molar-refractivity contribution in [1.29, 1.82) is 0 Å². The van der Waals surface area contributed by atoms with E-state index in [0.29, 0.717) is 5.92 Å². The monoisotopic (exact) mass is 291 g/mol. The highest BCUT2D eigenvalue weighted by atomic mass is 16.5. The molecule has 3 heteroatoms. The summed E-state index contributed by atoms with van der Waals surface area (Å²) in [4.78, 5) is 0. The summed E-state index contributed by atoms with van der Waals surface area (Å²) in [5.74, 6) is 1.34. The zero-order valence-electron chi connectivity index (χ0n) is 14.0. The van der Waals surface area contributed by atoms with Crippen molar-refractivity contribution >= 4 is 0 Å². The fraction of sp³-hybridized carbons (Fsp3) is 0.667. The summed E-state index contributed by atoms with van der Waals surface area (Å²) in [7, 11) is 0. The summed E-state index contributed by atoms with van der Waals surface area (Å²) in [6.45, 7) is 10.6. The van der Waals surface area contributed by atoms with Crippen LogP contribution in [0.4, 0.5) is 0 Å². The van der Waals surface area contributed by atoms with Crippen LogP contribution in [0, 0.1) is 5.92 Å². The zero-order chi connectivity index (χ0) is 15.6. The number of rotatable bonds is 4. The molecular weight excluding hydrogens is 262 g/mol. The van der Waals surface area contributed by atoms with E-state index in [9.17, 15) is 5.21 Å². The molecule has 1 aromatic carbocycles. The maximum atomic E-state index is 10.4. The second-order valence-electron chi connectivity index (χ2n) is 7.15. The molecule has 1 fully saturated rings. The number of hydrogen-bond acceptors (Lipinski definition) is 3. The van der Waals surface area contributed by atoms with Crippen LogP contribution >= 0.6 is 0 Å². The minimum Gasteiger partial charge on any atom is -0.490 e. The number of hydrogen-bond donors (Lipinski definition) is 1. The van der Waals surface area contributed by atoms with Crippen LogP contribution in [0.5, 0.6) is 5.75 Å². The molecule has 3 nitrogen and oxygen atoms in total. The maximum Gasteiger partial charge on any atom is 0.119 e. The van der Waals surface area contributed by atoms with E-state index in [1.54, 1.807) is 0 Å². The van der Waals surface area contributed by atoms with E-state index >= 15 is 0 Å². The van der Waals surface area contributed by atoms with Gasteiger partial charge in [0.15, 0.2) is 0 Å². The maximum absolute atomic E-state index is 10.4. The van der Waals surface area contributed by atoms with E-state index in [-0.39, 0.29) is 17.7 Å². The van der Waals surface area contributed by atoms with E-state index in [1.807, 2.05) is 0 Å². The summed E-state index contributed by atoms with van der Waals surface area (Å²) in [5, 5.41) is 11.9. The molecule has 0 bridgehead atoms. The second-order valence-corrected chi connectivity index (χ2v) is 7.15. The van der Waals surface area contributed by atoms with Gasteiger partial charge in [-0.25, -0.2) is 0 Å². The van der Waals surface area contributed by atoms with E-state index in [1.165, 1.54) is 10.6 Å². The third-order valence-corrected chi connectivity index (χ3v) is 4.57. The van der Waals surface area contributed by atoms with Crippen LogP contribution in [0.2, 0.25) is 0 Å². The average Bonchev–Trinajstić information content (AvgIpc) is 2.43. The Hall–Kier alpha value is -1.06. The molecule has 0 spiro atoms. The SMILES string of the molecule is CCc1ccc(OC2CC(C(C)C)N(O)C(C)(C)C2)cc1. The van der Waals surface area contributed by atoms with Gasteiger partial charge in [-0.15, -0.1) is 0 Å². The van der Waals surface area contributed by atoms with Crippen LogP contribution in [0.15, 0.2) is 24.3 Å². The highest BCUT2D eigenvalue weighted by molar-refractivity contribution is 5.27. The fourth-order valence-corrected chi connectivity index (χ4v) is 3.19. The molecule has 1 N–H and O–H groups in total. The molecule has 0 aromatic heterocycles. The molecule has 1 heterocycles. The molecule has 1 aliphatic heterocycles. The molecule has 0 saturated carbocycles. The number of benzene rings is 1. The first-order valence-electron chi connectivity index (χ1n) is 8.07. The smallest absolute Gasteiger partial charge is 0.119 e. The van der Waals surface area contributed by atoms with Gasteiger partial charge in [-0.05, 0) is 43.9 Å². The van der Waals surface area contributed by atoms with Crippen LogP contribution in [0.25, 0.3) is 0 Å². The van der Waals surface area contributed by atoms with Gasteiger partial charge >= 0.3 is 0 Å². The van der Waals surface area contributed by atoms with E-state index in [4.69, 9.17) is 4.74 Å². The Morgan fingerprint density at radius 2 is 1.90 bits per heavy atom. The fourth-order valence-electron chi connectivity index (χ4n) is 3.19. The summed E-state index contributed by atoms with van der Waals surface area (Å²) < 4.78 is 6.18. The predicted octanol–water partition coefficient (Wildman–Crippen LogP) is 4.28. The summed E-state index contributed by atoms with van der Waals surface area (Å²) in [6.07, 6.45) is 2.91. The Balaban J connectivity index is 2.08. The first kappa shape index (κ1) is 16.3. The lowest BCUT2D eigenvalue weighted by Gasteiger charge is -2.48. The molecule has 1 aromatic rings. The van der Waals surface area contributed by atoms with Crippen LogP contribution in [0.1, 0.15) is 53.0 Å². The lowest BCUT2D eigenvalue weighted by atomic mass is 9.82. The minimum atomic E-state index is -0.249. The quantitative estimate of drug-likeness (QED) is 0.898. The van der Waals surface area contributed by atoms with Crippen molar-refractivity contribution in [2.24, 2.45) is 5.92 Å². The molecule has 2 rings (SSSR count).